The lowest BCUT2D eigenvalue weighted by molar-refractivity contribution is 0.0718. The fraction of sp³-hybridized carbons (Fsp3) is 0.667. The van der Waals surface area contributed by atoms with Crippen molar-refractivity contribution in [1.82, 2.24) is 9.88 Å². The van der Waals surface area contributed by atoms with Gasteiger partial charge in [0.25, 0.3) is 5.91 Å². The molecule has 1 amide bonds. The molecule has 0 radical (unpaired) electrons. The van der Waals surface area contributed by atoms with Crippen LogP contribution in [0.25, 0.3) is 0 Å². The van der Waals surface area contributed by atoms with Gasteiger partial charge >= 0.3 is 0 Å². The van der Waals surface area contributed by atoms with E-state index in [2.05, 4.69) is 22.9 Å². The van der Waals surface area contributed by atoms with Gasteiger partial charge in [-0.3, -0.25) is 9.78 Å². The molecule has 120 valence electrons. The van der Waals surface area contributed by atoms with Crippen molar-refractivity contribution in [2.24, 2.45) is 0 Å². The van der Waals surface area contributed by atoms with Crippen LogP contribution < -0.4 is 4.90 Å². The summed E-state index contributed by atoms with van der Waals surface area (Å²) in [6.45, 7) is 5.11. The lowest BCUT2D eigenvalue weighted by Gasteiger charge is -2.37. The van der Waals surface area contributed by atoms with Gasteiger partial charge in [0, 0.05) is 37.6 Å². The van der Waals surface area contributed by atoms with Gasteiger partial charge in [0.15, 0.2) is 0 Å². The predicted molar refractivity (Wildman–Crippen MR) is 89.3 cm³/mol. The number of piperidine rings is 2. The van der Waals surface area contributed by atoms with Crippen molar-refractivity contribution in [2.45, 2.75) is 57.9 Å². The summed E-state index contributed by atoms with van der Waals surface area (Å²) >= 11 is 0. The molecular weight excluding hydrogens is 274 g/mol. The van der Waals surface area contributed by atoms with Gasteiger partial charge in [-0.25, -0.2) is 0 Å². The maximum absolute atomic E-state index is 12.6. The molecule has 4 heteroatoms. The van der Waals surface area contributed by atoms with Gasteiger partial charge in [-0.05, 0) is 57.1 Å². The highest BCUT2D eigenvalue weighted by Gasteiger charge is 2.23. The molecule has 0 aliphatic carbocycles. The van der Waals surface area contributed by atoms with Crippen molar-refractivity contribution < 1.29 is 4.79 Å². The molecule has 1 atom stereocenters. The molecule has 1 aromatic heterocycles. The number of amides is 1. The summed E-state index contributed by atoms with van der Waals surface area (Å²) in [4.78, 5) is 21.4. The Morgan fingerprint density at radius 3 is 2.73 bits per heavy atom. The highest BCUT2D eigenvalue weighted by molar-refractivity contribution is 5.93. The average Bonchev–Trinajstić information content (AvgIpc) is 2.62. The predicted octanol–water partition coefficient (Wildman–Crippen LogP) is 3.48. The van der Waals surface area contributed by atoms with E-state index in [-0.39, 0.29) is 5.91 Å². The molecule has 0 aromatic carbocycles. The number of rotatable bonds is 3. The normalized spacial score (nSPS) is 22.7. The number of carbonyl (C=O) groups is 1. The molecule has 3 rings (SSSR count). The number of likely N-dealkylation sites (tertiary alicyclic amines) is 1. The number of carbonyl (C=O) groups excluding carboxylic acids is 1. The van der Waals surface area contributed by atoms with Gasteiger partial charge in [-0.1, -0.05) is 6.92 Å². The summed E-state index contributed by atoms with van der Waals surface area (Å²) < 4.78 is 0. The third kappa shape index (κ3) is 3.26. The summed E-state index contributed by atoms with van der Waals surface area (Å²) in [7, 11) is 0. The largest absolute Gasteiger partial charge is 0.368 e. The number of aromatic nitrogens is 1. The van der Waals surface area contributed by atoms with E-state index < -0.39 is 0 Å². The minimum absolute atomic E-state index is 0.103. The number of anilines is 1. The maximum atomic E-state index is 12.6. The average molecular weight is 301 g/mol. The summed E-state index contributed by atoms with van der Waals surface area (Å²) in [5, 5.41) is 0. The van der Waals surface area contributed by atoms with Crippen LogP contribution in [0.3, 0.4) is 0 Å². The molecule has 2 fully saturated rings. The van der Waals surface area contributed by atoms with Crippen LogP contribution in [0.5, 0.6) is 0 Å². The second-order valence-electron chi connectivity index (χ2n) is 6.50. The molecule has 0 N–H and O–H groups in total. The molecule has 2 saturated heterocycles. The molecule has 1 unspecified atom stereocenters. The van der Waals surface area contributed by atoms with Crippen molar-refractivity contribution in [2.75, 3.05) is 24.5 Å². The fourth-order valence-corrected chi connectivity index (χ4v) is 3.74. The van der Waals surface area contributed by atoms with E-state index >= 15 is 0 Å². The highest BCUT2D eigenvalue weighted by atomic mass is 16.2. The van der Waals surface area contributed by atoms with E-state index in [0.717, 1.165) is 38.9 Å². The van der Waals surface area contributed by atoms with Crippen LogP contribution in [-0.4, -0.2) is 41.5 Å². The molecule has 2 aliphatic rings. The van der Waals surface area contributed by atoms with Gasteiger partial charge in [-0.2, -0.15) is 0 Å². The summed E-state index contributed by atoms with van der Waals surface area (Å²) in [5.41, 5.74) is 1.78. The third-order valence-corrected chi connectivity index (χ3v) is 5.04. The SMILES string of the molecule is CCC1CCCCN1c1ccnc(C(=O)N2CCCCC2)c1. The molecule has 0 bridgehead atoms. The lowest BCUT2D eigenvalue weighted by Crippen LogP contribution is -2.39. The van der Waals surface area contributed by atoms with Crippen molar-refractivity contribution in [3.8, 4) is 0 Å². The van der Waals surface area contributed by atoms with Crippen LogP contribution in [0.4, 0.5) is 5.69 Å². The first-order chi connectivity index (χ1) is 10.8. The zero-order chi connectivity index (χ0) is 15.4. The van der Waals surface area contributed by atoms with Crippen LogP contribution in [0.15, 0.2) is 18.3 Å². The van der Waals surface area contributed by atoms with Crippen LogP contribution >= 0.6 is 0 Å². The first kappa shape index (κ1) is 15.3. The fourth-order valence-electron chi connectivity index (χ4n) is 3.74. The Balaban J connectivity index is 1.78. The smallest absolute Gasteiger partial charge is 0.272 e. The second kappa shape index (κ2) is 7.12. The van der Waals surface area contributed by atoms with Crippen LogP contribution in [0, 0.1) is 0 Å². The number of pyridine rings is 1. The van der Waals surface area contributed by atoms with Crippen molar-refractivity contribution in [3.63, 3.8) is 0 Å². The molecule has 4 nitrogen and oxygen atoms in total. The third-order valence-electron chi connectivity index (χ3n) is 5.04. The first-order valence-corrected chi connectivity index (χ1v) is 8.81. The Hall–Kier alpha value is -1.58. The highest BCUT2D eigenvalue weighted by Crippen LogP contribution is 2.27. The molecular formula is C18H27N3O. The zero-order valence-corrected chi connectivity index (χ0v) is 13.6. The number of hydrogen-bond donors (Lipinski definition) is 0. The summed E-state index contributed by atoms with van der Waals surface area (Å²) in [6.07, 6.45) is 10.3. The molecule has 0 saturated carbocycles. The van der Waals surface area contributed by atoms with Crippen molar-refractivity contribution in [3.05, 3.63) is 24.0 Å². The first-order valence-electron chi connectivity index (χ1n) is 8.81. The van der Waals surface area contributed by atoms with E-state index in [1.807, 2.05) is 11.0 Å². The standard InChI is InChI=1S/C18H27N3O/c1-2-15-8-4-7-13-21(15)16-9-10-19-17(14-16)18(22)20-11-5-3-6-12-20/h9-10,14-15H,2-8,11-13H2,1H3. The molecule has 22 heavy (non-hydrogen) atoms. The topological polar surface area (TPSA) is 36.4 Å². The van der Waals surface area contributed by atoms with Gasteiger partial charge in [-0.15, -0.1) is 0 Å². The van der Waals surface area contributed by atoms with Crippen LogP contribution in [0.2, 0.25) is 0 Å². The van der Waals surface area contributed by atoms with Gasteiger partial charge in [0.2, 0.25) is 0 Å². The quantitative estimate of drug-likeness (QED) is 0.857. The Bertz CT molecular complexity index is 511. The van der Waals surface area contributed by atoms with E-state index in [9.17, 15) is 4.79 Å². The van der Waals surface area contributed by atoms with Crippen molar-refractivity contribution in [1.29, 1.82) is 0 Å². The maximum Gasteiger partial charge on any atom is 0.272 e. The zero-order valence-electron chi connectivity index (χ0n) is 13.6. The number of nitrogens with zero attached hydrogens (tertiary/aromatic N) is 3. The molecule has 3 heterocycles. The van der Waals surface area contributed by atoms with E-state index in [0.29, 0.717) is 11.7 Å². The Kier molecular flexibility index (Phi) is 4.96. The van der Waals surface area contributed by atoms with Crippen molar-refractivity contribution >= 4 is 11.6 Å². The van der Waals surface area contributed by atoms with E-state index in [1.54, 1.807) is 6.20 Å². The number of hydrogen-bond acceptors (Lipinski definition) is 3. The minimum atomic E-state index is 0.103. The van der Waals surface area contributed by atoms with E-state index in [4.69, 9.17) is 0 Å². The molecule has 0 spiro atoms. The minimum Gasteiger partial charge on any atom is -0.368 e. The van der Waals surface area contributed by atoms with Gasteiger partial charge < -0.3 is 9.80 Å². The molecule has 1 aromatic rings. The van der Waals surface area contributed by atoms with Gasteiger partial charge in [0.1, 0.15) is 5.69 Å². The summed E-state index contributed by atoms with van der Waals surface area (Å²) in [5.74, 6) is 0.103. The van der Waals surface area contributed by atoms with Gasteiger partial charge in [0.05, 0.1) is 0 Å². The van der Waals surface area contributed by atoms with E-state index in [1.165, 1.54) is 31.4 Å². The second-order valence-corrected chi connectivity index (χ2v) is 6.50. The Morgan fingerprint density at radius 1 is 1.18 bits per heavy atom. The van der Waals surface area contributed by atoms with Crippen LogP contribution in [0.1, 0.15) is 62.4 Å². The Labute approximate surface area is 133 Å². The summed E-state index contributed by atoms with van der Waals surface area (Å²) in [6, 6.07) is 4.67. The Morgan fingerprint density at radius 2 is 1.95 bits per heavy atom. The lowest BCUT2D eigenvalue weighted by atomic mass is 9.99. The molecule has 2 aliphatic heterocycles. The van der Waals surface area contributed by atoms with Crippen LogP contribution in [-0.2, 0) is 0 Å². The monoisotopic (exact) mass is 301 g/mol.